The first-order chi connectivity index (χ1) is 13.1. The number of nitrogens with zero attached hydrogens (tertiary/aromatic N) is 1. The van der Waals surface area contributed by atoms with Crippen LogP contribution in [0.5, 0.6) is 5.75 Å². The van der Waals surface area contributed by atoms with Gasteiger partial charge in [-0.15, -0.1) is 0 Å². The Labute approximate surface area is 159 Å². The van der Waals surface area contributed by atoms with Gasteiger partial charge in [-0.05, 0) is 75.6 Å². The normalized spacial score (nSPS) is 16.0. The molecule has 5 heteroatoms. The van der Waals surface area contributed by atoms with E-state index in [4.69, 9.17) is 4.74 Å². The molecule has 1 aliphatic rings. The number of likely N-dealkylation sites (tertiary alicyclic amines) is 1. The molecule has 3 aromatic rings. The number of rotatable bonds is 4. The van der Waals surface area contributed by atoms with Crippen molar-refractivity contribution in [3.05, 3.63) is 53.5 Å². The first-order valence-corrected chi connectivity index (χ1v) is 9.46. The zero-order chi connectivity index (χ0) is 19.0. The van der Waals surface area contributed by atoms with E-state index in [1.807, 2.05) is 6.92 Å². The Morgan fingerprint density at radius 3 is 2.70 bits per heavy atom. The molecule has 0 saturated carbocycles. The number of aromatic nitrogens is 1. The van der Waals surface area contributed by atoms with E-state index in [0.717, 1.165) is 35.5 Å². The van der Waals surface area contributed by atoms with Crippen molar-refractivity contribution in [2.45, 2.75) is 25.7 Å². The van der Waals surface area contributed by atoms with Gasteiger partial charge in [-0.3, -0.25) is 0 Å². The summed E-state index contributed by atoms with van der Waals surface area (Å²) < 4.78 is 19.0. The summed E-state index contributed by atoms with van der Waals surface area (Å²) in [7, 11) is 3.68. The largest absolute Gasteiger partial charge is 0.493 e. The highest BCUT2D eigenvalue weighted by atomic mass is 19.1. The Kier molecular flexibility index (Phi) is 4.79. The molecule has 1 aliphatic heterocycles. The lowest BCUT2D eigenvalue weighted by Gasteiger charge is -2.28. The van der Waals surface area contributed by atoms with Crippen molar-refractivity contribution in [2.75, 3.05) is 32.6 Å². The Bertz CT molecular complexity index is 958. The molecule has 0 spiro atoms. The Balaban J connectivity index is 1.60. The van der Waals surface area contributed by atoms with Crippen LogP contribution in [0.3, 0.4) is 0 Å². The summed E-state index contributed by atoms with van der Waals surface area (Å²) in [6, 6.07) is 9.56. The van der Waals surface area contributed by atoms with Crippen LogP contribution in [0.15, 0.2) is 36.5 Å². The average molecular weight is 367 g/mol. The van der Waals surface area contributed by atoms with Crippen molar-refractivity contribution in [2.24, 2.45) is 0 Å². The molecule has 2 heterocycles. The Morgan fingerprint density at radius 2 is 1.96 bits per heavy atom. The SMILES string of the molecule is COc1c(F)ccc(Nc2ccc3c(C4CCN(C)CC4)c[nH]c3c2)c1C. The molecule has 1 fully saturated rings. The summed E-state index contributed by atoms with van der Waals surface area (Å²) >= 11 is 0. The maximum absolute atomic E-state index is 13.8. The van der Waals surface area contributed by atoms with Gasteiger partial charge in [0.1, 0.15) is 0 Å². The summed E-state index contributed by atoms with van der Waals surface area (Å²) in [4.78, 5) is 5.83. The zero-order valence-corrected chi connectivity index (χ0v) is 16.1. The van der Waals surface area contributed by atoms with Crippen LogP contribution < -0.4 is 10.1 Å². The van der Waals surface area contributed by atoms with Crippen LogP contribution in [-0.4, -0.2) is 37.1 Å². The summed E-state index contributed by atoms with van der Waals surface area (Å²) in [5, 5.41) is 4.68. The van der Waals surface area contributed by atoms with Crippen molar-refractivity contribution >= 4 is 22.3 Å². The molecule has 2 N–H and O–H groups in total. The van der Waals surface area contributed by atoms with Crippen molar-refractivity contribution in [1.82, 2.24) is 9.88 Å². The molecular formula is C22H26FN3O. The highest BCUT2D eigenvalue weighted by Gasteiger charge is 2.21. The first kappa shape index (κ1) is 17.9. The average Bonchev–Trinajstić information content (AvgIpc) is 3.08. The molecule has 27 heavy (non-hydrogen) atoms. The van der Waals surface area contributed by atoms with Crippen LogP contribution in [0.4, 0.5) is 15.8 Å². The van der Waals surface area contributed by atoms with Gasteiger partial charge in [0, 0.05) is 34.0 Å². The Hall–Kier alpha value is -2.53. The van der Waals surface area contributed by atoms with Crippen molar-refractivity contribution in [1.29, 1.82) is 0 Å². The molecule has 4 rings (SSSR count). The molecular weight excluding hydrogens is 341 g/mol. The number of piperidine rings is 1. The maximum atomic E-state index is 13.8. The highest BCUT2D eigenvalue weighted by Crippen LogP contribution is 2.35. The third-order valence-electron chi connectivity index (χ3n) is 5.71. The second-order valence-corrected chi connectivity index (χ2v) is 7.46. The monoisotopic (exact) mass is 367 g/mol. The summed E-state index contributed by atoms with van der Waals surface area (Å²) in [6.45, 7) is 4.17. The number of hydrogen-bond donors (Lipinski definition) is 2. The molecule has 142 valence electrons. The number of ether oxygens (including phenoxy) is 1. The highest BCUT2D eigenvalue weighted by molar-refractivity contribution is 5.87. The van der Waals surface area contributed by atoms with Crippen molar-refractivity contribution in [3.63, 3.8) is 0 Å². The maximum Gasteiger partial charge on any atom is 0.165 e. The van der Waals surface area contributed by atoms with E-state index in [1.165, 1.54) is 37.0 Å². The molecule has 2 aromatic carbocycles. The van der Waals surface area contributed by atoms with Gasteiger partial charge in [-0.2, -0.15) is 0 Å². The van der Waals surface area contributed by atoms with Crippen LogP contribution in [0, 0.1) is 12.7 Å². The van der Waals surface area contributed by atoms with E-state index in [2.05, 4.69) is 46.6 Å². The Morgan fingerprint density at radius 1 is 1.19 bits per heavy atom. The summed E-state index contributed by atoms with van der Waals surface area (Å²) in [5.74, 6) is 0.561. The zero-order valence-electron chi connectivity index (χ0n) is 16.1. The van der Waals surface area contributed by atoms with E-state index >= 15 is 0 Å². The van der Waals surface area contributed by atoms with Crippen LogP contribution in [0.1, 0.15) is 29.9 Å². The minimum Gasteiger partial charge on any atom is -0.493 e. The lowest BCUT2D eigenvalue weighted by Crippen LogP contribution is -2.29. The van der Waals surface area contributed by atoms with Crippen LogP contribution >= 0.6 is 0 Å². The molecule has 1 saturated heterocycles. The fraction of sp³-hybridized carbons (Fsp3) is 0.364. The summed E-state index contributed by atoms with van der Waals surface area (Å²) in [6.07, 6.45) is 4.58. The topological polar surface area (TPSA) is 40.3 Å². The number of hydrogen-bond acceptors (Lipinski definition) is 3. The summed E-state index contributed by atoms with van der Waals surface area (Å²) in [5.41, 5.74) is 5.12. The third kappa shape index (κ3) is 3.39. The number of fused-ring (bicyclic) bond motifs is 1. The van der Waals surface area contributed by atoms with Gasteiger partial charge >= 0.3 is 0 Å². The molecule has 0 atom stereocenters. The van der Waals surface area contributed by atoms with Gasteiger partial charge in [-0.1, -0.05) is 6.07 Å². The second kappa shape index (κ2) is 7.24. The molecule has 4 nitrogen and oxygen atoms in total. The molecule has 1 aromatic heterocycles. The number of halogens is 1. The van der Waals surface area contributed by atoms with Crippen LogP contribution in [0.2, 0.25) is 0 Å². The lowest BCUT2D eigenvalue weighted by atomic mass is 9.89. The van der Waals surface area contributed by atoms with Crippen molar-refractivity contribution in [3.8, 4) is 5.75 Å². The second-order valence-electron chi connectivity index (χ2n) is 7.46. The van der Waals surface area contributed by atoms with Crippen LogP contribution in [0.25, 0.3) is 10.9 Å². The lowest BCUT2D eigenvalue weighted by molar-refractivity contribution is 0.256. The van der Waals surface area contributed by atoms with Crippen molar-refractivity contribution < 1.29 is 9.13 Å². The fourth-order valence-corrected chi connectivity index (χ4v) is 4.08. The quantitative estimate of drug-likeness (QED) is 0.668. The predicted octanol–water partition coefficient (Wildman–Crippen LogP) is 5.18. The molecule has 0 aliphatic carbocycles. The van der Waals surface area contributed by atoms with Gasteiger partial charge in [0.25, 0.3) is 0 Å². The van der Waals surface area contributed by atoms with Gasteiger partial charge in [0.15, 0.2) is 11.6 Å². The van der Waals surface area contributed by atoms with Gasteiger partial charge in [0.2, 0.25) is 0 Å². The number of methoxy groups -OCH3 is 1. The van der Waals surface area contributed by atoms with Gasteiger partial charge in [-0.25, -0.2) is 4.39 Å². The first-order valence-electron chi connectivity index (χ1n) is 9.46. The van der Waals surface area contributed by atoms with E-state index in [1.54, 1.807) is 6.07 Å². The van der Waals surface area contributed by atoms with E-state index in [-0.39, 0.29) is 11.6 Å². The smallest absolute Gasteiger partial charge is 0.165 e. The van der Waals surface area contributed by atoms with Gasteiger partial charge in [0.05, 0.1) is 7.11 Å². The van der Waals surface area contributed by atoms with Gasteiger partial charge < -0.3 is 19.9 Å². The standard InChI is InChI=1S/C22H26FN3O/c1-14-20(7-6-19(23)22(14)27-3)25-16-4-5-17-18(13-24-21(17)12-16)15-8-10-26(2)11-9-15/h4-7,12-13,15,24-25H,8-11H2,1-3H3. The molecule has 0 unspecified atom stereocenters. The number of anilines is 2. The fourth-order valence-electron chi connectivity index (χ4n) is 4.08. The number of H-pyrrole nitrogens is 1. The minimum atomic E-state index is -0.344. The predicted molar refractivity (Wildman–Crippen MR) is 109 cm³/mol. The van der Waals surface area contributed by atoms with E-state index < -0.39 is 0 Å². The third-order valence-corrected chi connectivity index (χ3v) is 5.71. The number of nitrogens with one attached hydrogen (secondary N) is 2. The molecule has 0 amide bonds. The molecule has 0 bridgehead atoms. The molecule has 0 radical (unpaired) electrons. The van der Waals surface area contributed by atoms with E-state index in [0.29, 0.717) is 5.92 Å². The van der Waals surface area contributed by atoms with E-state index in [9.17, 15) is 4.39 Å². The number of aromatic amines is 1. The van der Waals surface area contributed by atoms with Crippen LogP contribution in [-0.2, 0) is 0 Å². The number of benzene rings is 2. The minimum absolute atomic E-state index is 0.283.